The number of hydrogen-bond donors (Lipinski definition) is 1. The van der Waals surface area contributed by atoms with Crippen molar-refractivity contribution < 1.29 is 14.6 Å². The van der Waals surface area contributed by atoms with E-state index in [2.05, 4.69) is 5.73 Å². The minimum absolute atomic E-state index is 0.00944. The van der Waals surface area contributed by atoms with Crippen molar-refractivity contribution in [1.82, 2.24) is 9.47 Å². The van der Waals surface area contributed by atoms with Crippen LogP contribution in [-0.4, -0.2) is 41.2 Å². The summed E-state index contributed by atoms with van der Waals surface area (Å²) in [6.07, 6.45) is 2.88. The van der Waals surface area contributed by atoms with Crippen molar-refractivity contribution in [2.45, 2.75) is 6.92 Å². The monoisotopic (exact) mass is 303 g/mol. The first-order chi connectivity index (χ1) is 10.3. The average Bonchev–Trinajstić information content (AvgIpc) is 2.46. The first-order valence-electron chi connectivity index (χ1n) is 6.47. The molecule has 7 nitrogen and oxygen atoms in total. The molecule has 1 N–H and O–H groups in total. The summed E-state index contributed by atoms with van der Waals surface area (Å²) in [6.45, 7) is 1.68. The third-order valence-corrected chi connectivity index (χ3v) is 2.75. The topological polar surface area (TPSA) is 95.6 Å². The van der Waals surface area contributed by atoms with Crippen molar-refractivity contribution in [3.05, 3.63) is 39.0 Å². The first-order valence-corrected chi connectivity index (χ1v) is 6.47. The van der Waals surface area contributed by atoms with Gasteiger partial charge in [0, 0.05) is 27.3 Å². The Balaban J connectivity index is 3.76. The number of nitrogens with zero attached hydrogens (tertiary/aromatic N) is 3. The van der Waals surface area contributed by atoms with Gasteiger partial charge >= 0.3 is 5.97 Å². The molecular weight excluding hydrogens is 286 g/mol. The van der Waals surface area contributed by atoms with E-state index < -0.39 is 17.4 Å². The fourth-order valence-corrected chi connectivity index (χ4v) is 1.72. The zero-order valence-corrected chi connectivity index (χ0v) is 12.9. The molecule has 1 aromatic heterocycles. The zero-order valence-electron chi connectivity index (χ0n) is 12.9. The van der Waals surface area contributed by atoms with Gasteiger partial charge in [-0.05, 0) is 13.0 Å². The van der Waals surface area contributed by atoms with E-state index >= 15 is 0 Å². The highest BCUT2D eigenvalue weighted by Crippen LogP contribution is 2.23. The van der Waals surface area contributed by atoms with E-state index in [1.807, 2.05) is 0 Å². The predicted molar refractivity (Wildman–Crippen MR) is 80.3 cm³/mol. The summed E-state index contributed by atoms with van der Waals surface area (Å²) in [4.78, 5) is 25.8. The molecule has 116 valence electrons. The molecule has 0 aliphatic carbocycles. The SMILES string of the molecule is CCOC(=O)c1c(C=C=CN(C)C)c(O)n(C)c(=O)c1C#N. The number of carbonyl (C=O) groups is 1. The van der Waals surface area contributed by atoms with E-state index in [0.29, 0.717) is 0 Å². The van der Waals surface area contributed by atoms with Gasteiger partial charge in [0.1, 0.15) is 11.6 Å². The van der Waals surface area contributed by atoms with Crippen LogP contribution >= 0.6 is 0 Å². The summed E-state index contributed by atoms with van der Waals surface area (Å²) in [5, 5.41) is 19.3. The zero-order chi connectivity index (χ0) is 16.9. The summed E-state index contributed by atoms with van der Waals surface area (Å²) in [6, 6.07) is 1.70. The van der Waals surface area contributed by atoms with Crippen LogP contribution in [0.4, 0.5) is 0 Å². The molecule has 22 heavy (non-hydrogen) atoms. The van der Waals surface area contributed by atoms with Crippen molar-refractivity contribution >= 4 is 12.0 Å². The Bertz CT molecular complexity index is 748. The molecule has 0 aliphatic rings. The van der Waals surface area contributed by atoms with Crippen molar-refractivity contribution in [3.8, 4) is 11.9 Å². The molecule has 0 aliphatic heterocycles. The maximum atomic E-state index is 12.1. The molecule has 1 rings (SSSR count). The normalized spacial score (nSPS) is 9.41. The number of hydrogen-bond acceptors (Lipinski definition) is 6. The Morgan fingerprint density at radius 2 is 2.14 bits per heavy atom. The van der Waals surface area contributed by atoms with Gasteiger partial charge in [0.25, 0.3) is 5.56 Å². The van der Waals surface area contributed by atoms with Crippen LogP contribution in [0.15, 0.2) is 16.7 Å². The van der Waals surface area contributed by atoms with Gasteiger partial charge in [-0.25, -0.2) is 4.79 Å². The molecule has 0 saturated carbocycles. The molecule has 0 saturated heterocycles. The third kappa shape index (κ3) is 3.37. The molecule has 0 aromatic carbocycles. The van der Waals surface area contributed by atoms with Crippen LogP contribution < -0.4 is 5.56 Å². The van der Waals surface area contributed by atoms with Gasteiger partial charge in [0.2, 0.25) is 5.88 Å². The smallest absolute Gasteiger partial charge is 0.340 e. The predicted octanol–water partition coefficient (Wildman–Crippen LogP) is 0.827. The van der Waals surface area contributed by atoms with Gasteiger partial charge in [-0.1, -0.05) is 0 Å². The van der Waals surface area contributed by atoms with E-state index in [4.69, 9.17) is 10.00 Å². The van der Waals surface area contributed by atoms with Gasteiger partial charge in [-0.15, -0.1) is 5.73 Å². The summed E-state index contributed by atoms with van der Waals surface area (Å²) >= 11 is 0. The molecule has 0 spiro atoms. The highest BCUT2D eigenvalue weighted by atomic mass is 16.5. The fourth-order valence-electron chi connectivity index (χ4n) is 1.72. The Hall–Kier alpha value is -2.97. The summed E-state index contributed by atoms with van der Waals surface area (Å²) in [5.74, 6) is -1.28. The number of carbonyl (C=O) groups excluding carboxylic acids is 1. The number of nitriles is 1. The molecule has 1 heterocycles. The Labute approximate surface area is 128 Å². The first kappa shape index (κ1) is 17.1. The van der Waals surface area contributed by atoms with Crippen LogP contribution in [0.3, 0.4) is 0 Å². The number of pyridine rings is 1. The second kappa shape index (κ2) is 7.16. The second-order valence-corrected chi connectivity index (χ2v) is 4.59. The van der Waals surface area contributed by atoms with Crippen LogP contribution in [-0.2, 0) is 11.8 Å². The van der Waals surface area contributed by atoms with Crippen LogP contribution in [0.5, 0.6) is 5.88 Å². The second-order valence-electron chi connectivity index (χ2n) is 4.59. The Morgan fingerprint density at radius 1 is 1.50 bits per heavy atom. The molecule has 0 atom stereocenters. The van der Waals surface area contributed by atoms with Crippen molar-refractivity contribution in [2.24, 2.45) is 7.05 Å². The summed E-state index contributed by atoms with van der Waals surface area (Å²) < 4.78 is 5.76. The lowest BCUT2D eigenvalue weighted by molar-refractivity contribution is 0.0524. The van der Waals surface area contributed by atoms with Gasteiger partial charge in [0.05, 0.1) is 17.7 Å². The minimum Gasteiger partial charge on any atom is -0.494 e. The van der Waals surface area contributed by atoms with Crippen LogP contribution in [0, 0.1) is 11.3 Å². The molecule has 0 unspecified atom stereocenters. The van der Waals surface area contributed by atoms with E-state index in [0.717, 1.165) is 4.57 Å². The van der Waals surface area contributed by atoms with Gasteiger partial charge < -0.3 is 14.7 Å². The molecule has 7 heteroatoms. The quantitative estimate of drug-likeness (QED) is 0.654. The largest absolute Gasteiger partial charge is 0.494 e. The molecule has 0 fully saturated rings. The van der Waals surface area contributed by atoms with Gasteiger partial charge in [0.15, 0.2) is 0 Å². The Morgan fingerprint density at radius 3 is 2.64 bits per heavy atom. The van der Waals surface area contributed by atoms with Crippen molar-refractivity contribution in [2.75, 3.05) is 20.7 Å². The number of aromatic hydroxyl groups is 1. The maximum absolute atomic E-state index is 12.1. The maximum Gasteiger partial charge on any atom is 0.340 e. The van der Waals surface area contributed by atoms with Gasteiger partial charge in [-0.2, -0.15) is 5.26 Å². The fraction of sp³-hybridized carbons (Fsp3) is 0.333. The average molecular weight is 303 g/mol. The number of aromatic nitrogens is 1. The summed E-state index contributed by atoms with van der Waals surface area (Å²) in [7, 11) is 4.85. The van der Waals surface area contributed by atoms with E-state index in [-0.39, 0.29) is 23.3 Å². The lowest BCUT2D eigenvalue weighted by atomic mass is 10.0. The van der Waals surface area contributed by atoms with Gasteiger partial charge in [-0.3, -0.25) is 9.36 Å². The third-order valence-electron chi connectivity index (χ3n) is 2.75. The van der Waals surface area contributed by atoms with Crippen LogP contribution in [0.1, 0.15) is 28.4 Å². The number of rotatable bonds is 4. The van der Waals surface area contributed by atoms with Crippen LogP contribution in [0.25, 0.3) is 6.08 Å². The highest BCUT2D eigenvalue weighted by molar-refractivity contribution is 5.97. The van der Waals surface area contributed by atoms with E-state index in [9.17, 15) is 14.7 Å². The van der Waals surface area contributed by atoms with E-state index in [1.54, 1.807) is 38.2 Å². The Kier molecular flexibility index (Phi) is 5.56. The minimum atomic E-state index is -0.843. The van der Waals surface area contributed by atoms with Crippen molar-refractivity contribution in [3.63, 3.8) is 0 Å². The molecule has 0 bridgehead atoms. The van der Waals surface area contributed by atoms with Crippen LogP contribution in [0.2, 0.25) is 0 Å². The number of esters is 1. The standard InChI is InChI=1S/C15H17N3O4/c1-5-22-15(21)12-10(7-6-8-17(2)3)13(19)18(4)14(20)11(12)9-16/h7-8,19H,5H2,1-4H3. The van der Waals surface area contributed by atoms with Crippen molar-refractivity contribution in [1.29, 1.82) is 5.26 Å². The lowest BCUT2D eigenvalue weighted by Gasteiger charge is -2.12. The molecule has 1 aromatic rings. The number of ether oxygens (including phenoxy) is 1. The lowest BCUT2D eigenvalue weighted by Crippen LogP contribution is -2.25. The molecule has 0 radical (unpaired) electrons. The molecule has 0 amide bonds. The summed E-state index contributed by atoms with van der Waals surface area (Å²) in [5.41, 5.74) is 1.37. The highest BCUT2D eigenvalue weighted by Gasteiger charge is 2.24. The molecular formula is C15H17N3O4. The van der Waals surface area contributed by atoms with E-state index in [1.165, 1.54) is 13.1 Å².